The van der Waals surface area contributed by atoms with Gasteiger partial charge in [0, 0.05) is 13.0 Å². The largest absolute Gasteiger partial charge is 0.493 e. The Labute approximate surface area is 114 Å². The number of aliphatic hydroxyl groups excluding tert-OH is 1. The molecule has 0 spiro atoms. The van der Waals surface area contributed by atoms with Crippen LogP contribution in [-0.4, -0.2) is 36.8 Å². The van der Waals surface area contributed by atoms with Crippen LogP contribution in [0.3, 0.4) is 0 Å². The van der Waals surface area contributed by atoms with Gasteiger partial charge >= 0.3 is 0 Å². The second kappa shape index (κ2) is 6.37. The molecule has 0 amide bonds. The monoisotopic (exact) mass is 266 g/mol. The van der Waals surface area contributed by atoms with E-state index in [2.05, 4.69) is 0 Å². The van der Waals surface area contributed by atoms with Crippen LogP contribution in [0.4, 0.5) is 0 Å². The number of benzene rings is 1. The molecule has 1 N–H and O–H groups in total. The summed E-state index contributed by atoms with van der Waals surface area (Å²) in [6.45, 7) is 5.27. The molecule has 0 saturated carbocycles. The van der Waals surface area contributed by atoms with Crippen LogP contribution in [0.25, 0.3) is 0 Å². The third-order valence-electron chi connectivity index (χ3n) is 3.10. The van der Waals surface area contributed by atoms with E-state index in [1.54, 1.807) is 0 Å². The maximum Gasteiger partial charge on any atom is 0.163 e. The summed E-state index contributed by atoms with van der Waals surface area (Å²) in [6, 6.07) is 7.82. The second-order valence-electron chi connectivity index (χ2n) is 5.21. The molecule has 0 bridgehead atoms. The van der Waals surface area contributed by atoms with E-state index in [-0.39, 0.29) is 12.7 Å². The Balaban J connectivity index is 1.71. The van der Waals surface area contributed by atoms with Gasteiger partial charge in [0.25, 0.3) is 0 Å². The minimum atomic E-state index is -0.462. The zero-order valence-electron chi connectivity index (χ0n) is 11.6. The van der Waals surface area contributed by atoms with Crippen molar-refractivity contribution in [2.45, 2.75) is 38.6 Å². The third-order valence-corrected chi connectivity index (χ3v) is 3.10. The van der Waals surface area contributed by atoms with Crippen molar-refractivity contribution in [3.63, 3.8) is 0 Å². The topological polar surface area (TPSA) is 47.9 Å². The molecule has 2 rings (SSSR count). The summed E-state index contributed by atoms with van der Waals surface area (Å²) < 4.78 is 16.9. The highest BCUT2D eigenvalue weighted by Gasteiger charge is 2.32. The van der Waals surface area contributed by atoms with E-state index in [1.165, 1.54) is 0 Å². The maximum absolute atomic E-state index is 8.84. The minimum Gasteiger partial charge on any atom is -0.493 e. The average Bonchev–Trinajstić information content (AvgIpc) is 2.72. The zero-order valence-corrected chi connectivity index (χ0v) is 11.6. The molecule has 106 valence electrons. The molecule has 1 aromatic carbocycles. The summed E-state index contributed by atoms with van der Waals surface area (Å²) in [4.78, 5) is 0. The van der Waals surface area contributed by atoms with Crippen LogP contribution in [0.15, 0.2) is 24.3 Å². The van der Waals surface area contributed by atoms with E-state index in [1.807, 2.05) is 38.1 Å². The van der Waals surface area contributed by atoms with Crippen molar-refractivity contribution < 1.29 is 19.3 Å². The summed E-state index contributed by atoms with van der Waals surface area (Å²) >= 11 is 0. The van der Waals surface area contributed by atoms with Crippen molar-refractivity contribution in [3.8, 4) is 5.75 Å². The van der Waals surface area contributed by atoms with Gasteiger partial charge in [-0.25, -0.2) is 0 Å². The molecular formula is C15H22O4. The lowest BCUT2D eigenvalue weighted by Crippen LogP contribution is -2.22. The van der Waals surface area contributed by atoms with Crippen molar-refractivity contribution in [1.82, 2.24) is 0 Å². The first-order valence-corrected chi connectivity index (χ1v) is 6.73. The van der Waals surface area contributed by atoms with Gasteiger partial charge in [-0.15, -0.1) is 0 Å². The van der Waals surface area contributed by atoms with Gasteiger partial charge in [-0.05, 0) is 38.0 Å². The van der Waals surface area contributed by atoms with Gasteiger partial charge in [0.2, 0.25) is 0 Å². The molecule has 1 saturated heterocycles. The lowest BCUT2D eigenvalue weighted by Gasteiger charge is -2.17. The summed E-state index contributed by atoms with van der Waals surface area (Å²) in [5.74, 6) is 0.385. The summed E-state index contributed by atoms with van der Waals surface area (Å²) in [7, 11) is 0. The van der Waals surface area contributed by atoms with Gasteiger partial charge in [0.15, 0.2) is 5.79 Å². The van der Waals surface area contributed by atoms with E-state index in [9.17, 15) is 0 Å². The van der Waals surface area contributed by atoms with Crippen molar-refractivity contribution >= 4 is 0 Å². The summed E-state index contributed by atoms with van der Waals surface area (Å²) in [5, 5.41) is 8.84. The molecule has 1 atom stereocenters. The van der Waals surface area contributed by atoms with Gasteiger partial charge in [-0.1, -0.05) is 12.1 Å². The number of aliphatic hydroxyl groups is 1. The van der Waals surface area contributed by atoms with E-state index >= 15 is 0 Å². The molecule has 0 aliphatic carbocycles. The molecule has 0 radical (unpaired) electrons. The predicted molar refractivity (Wildman–Crippen MR) is 72.2 cm³/mol. The highest BCUT2D eigenvalue weighted by Crippen LogP contribution is 2.24. The standard InChI is InChI=1S/C15H22O4/c1-15(2)18-11-14(19-15)8-10-17-13-5-3-12(4-6-13)7-9-16/h3-6,14,16H,7-11H2,1-2H3/t14-/m0/s1. The molecule has 1 fully saturated rings. The lowest BCUT2D eigenvalue weighted by atomic mass is 10.1. The first-order valence-electron chi connectivity index (χ1n) is 6.73. The highest BCUT2D eigenvalue weighted by molar-refractivity contribution is 5.27. The number of hydrogen-bond acceptors (Lipinski definition) is 4. The van der Waals surface area contributed by atoms with Crippen LogP contribution in [0.5, 0.6) is 5.75 Å². The van der Waals surface area contributed by atoms with E-state index in [0.717, 1.165) is 17.7 Å². The van der Waals surface area contributed by atoms with Crippen LogP contribution >= 0.6 is 0 Å². The smallest absolute Gasteiger partial charge is 0.163 e. The van der Waals surface area contributed by atoms with Crippen LogP contribution in [0, 0.1) is 0 Å². The quantitative estimate of drug-likeness (QED) is 0.857. The van der Waals surface area contributed by atoms with Crippen LogP contribution in [0.1, 0.15) is 25.8 Å². The molecule has 4 nitrogen and oxygen atoms in total. The summed E-state index contributed by atoms with van der Waals surface area (Å²) in [6.07, 6.45) is 1.62. The fraction of sp³-hybridized carbons (Fsp3) is 0.600. The van der Waals surface area contributed by atoms with Gasteiger partial charge in [0.1, 0.15) is 5.75 Å². The van der Waals surface area contributed by atoms with Gasteiger partial charge < -0.3 is 19.3 Å². The first kappa shape index (κ1) is 14.3. The number of ether oxygens (including phenoxy) is 3. The normalized spacial score (nSPS) is 21.5. The Kier molecular flexibility index (Phi) is 4.80. The van der Waals surface area contributed by atoms with Crippen LogP contribution in [0.2, 0.25) is 0 Å². The Morgan fingerprint density at radius 1 is 1.32 bits per heavy atom. The zero-order chi connectivity index (χ0) is 13.7. The second-order valence-corrected chi connectivity index (χ2v) is 5.21. The van der Waals surface area contributed by atoms with E-state index < -0.39 is 5.79 Å². The Morgan fingerprint density at radius 3 is 2.63 bits per heavy atom. The molecule has 4 heteroatoms. The molecule has 0 aromatic heterocycles. The maximum atomic E-state index is 8.84. The molecule has 1 aliphatic heterocycles. The molecular weight excluding hydrogens is 244 g/mol. The number of rotatable bonds is 6. The molecule has 1 aromatic rings. The Hall–Kier alpha value is -1.10. The molecule has 1 heterocycles. The molecule has 1 aliphatic rings. The van der Waals surface area contributed by atoms with Crippen LogP contribution < -0.4 is 4.74 Å². The lowest BCUT2D eigenvalue weighted by molar-refractivity contribution is -0.139. The van der Waals surface area contributed by atoms with Crippen LogP contribution in [-0.2, 0) is 15.9 Å². The Morgan fingerprint density at radius 2 is 2.05 bits per heavy atom. The van der Waals surface area contributed by atoms with E-state index in [0.29, 0.717) is 19.6 Å². The minimum absolute atomic E-state index is 0.115. The fourth-order valence-electron chi connectivity index (χ4n) is 2.09. The summed E-state index contributed by atoms with van der Waals surface area (Å²) in [5.41, 5.74) is 1.11. The fourth-order valence-corrected chi connectivity index (χ4v) is 2.09. The van der Waals surface area contributed by atoms with Gasteiger partial charge in [0.05, 0.1) is 19.3 Å². The van der Waals surface area contributed by atoms with Crippen molar-refractivity contribution in [3.05, 3.63) is 29.8 Å². The number of hydrogen-bond donors (Lipinski definition) is 1. The predicted octanol–water partition coefficient (Wildman–Crippen LogP) is 2.14. The van der Waals surface area contributed by atoms with Crippen molar-refractivity contribution in [2.24, 2.45) is 0 Å². The third kappa shape index (κ3) is 4.49. The average molecular weight is 266 g/mol. The van der Waals surface area contributed by atoms with Crippen molar-refractivity contribution in [2.75, 3.05) is 19.8 Å². The highest BCUT2D eigenvalue weighted by atomic mass is 16.7. The van der Waals surface area contributed by atoms with Crippen molar-refractivity contribution in [1.29, 1.82) is 0 Å². The first-order chi connectivity index (χ1) is 9.09. The molecule has 0 unspecified atom stereocenters. The SMILES string of the molecule is CC1(C)OC[C@H](CCOc2ccc(CCO)cc2)O1. The Bertz CT molecular complexity index is 386. The van der Waals surface area contributed by atoms with Gasteiger partial charge in [-0.2, -0.15) is 0 Å². The van der Waals surface area contributed by atoms with E-state index in [4.69, 9.17) is 19.3 Å². The molecule has 19 heavy (non-hydrogen) atoms. The van der Waals surface area contributed by atoms with Gasteiger partial charge in [-0.3, -0.25) is 0 Å².